The third kappa shape index (κ3) is 3.13. The molecule has 1 aliphatic heterocycles. The summed E-state index contributed by atoms with van der Waals surface area (Å²) in [6.45, 7) is 2.22. The van der Waals surface area contributed by atoms with Gasteiger partial charge in [-0.05, 0) is 60.7 Å². The van der Waals surface area contributed by atoms with E-state index in [1.165, 1.54) is 24.0 Å². The van der Waals surface area contributed by atoms with Gasteiger partial charge < -0.3 is 15.2 Å². The number of hydrogen-bond acceptors (Lipinski definition) is 2. The van der Waals surface area contributed by atoms with E-state index in [1.807, 2.05) is 18.2 Å². The minimum absolute atomic E-state index is 0.00611. The quantitative estimate of drug-likeness (QED) is 0.752. The molecule has 0 spiro atoms. The van der Waals surface area contributed by atoms with Crippen molar-refractivity contribution in [3.63, 3.8) is 0 Å². The van der Waals surface area contributed by atoms with Crippen molar-refractivity contribution >= 4 is 16.8 Å². The highest BCUT2D eigenvalue weighted by atomic mass is 16.2. The Balaban J connectivity index is 1.68. The zero-order chi connectivity index (χ0) is 18.1. The molecule has 0 saturated carbocycles. The fourth-order valence-corrected chi connectivity index (χ4v) is 3.85. The molecule has 1 aliphatic rings. The standard InChI is InChI=1S/C22H25N3O/c1-25(2)22(26)21-14-19-18(4-3-5-20(19)24-21)17-8-6-15(7-9-17)16-10-12-23-13-11-16/h3-9,14,16,23-24H,10-13H2,1-2H3. The van der Waals surface area contributed by atoms with Gasteiger partial charge in [-0.1, -0.05) is 36.4 Å². The maximum Gasteiger partial charge on any atom is 0.269 e. The molecule has 0 unspecified atom stereocenters. The SMILES string of the molecule is CN(C)C(=O)c1cc2c(-c3ccc(C4CCNCC4)cc3)cccc2[nH]1. The molecule has 4 heteroatoms. The first-order chi connectivity index (χ1) is 12.6. The average molecular weight is 347 g/mol. The predicted octanol–water partition coefficient (Wildman–Crippen LogP) is 4.00. The smallest absolute Gasteiger partial charge is 0.269 e. The van der Waals surface area contributed by atoms with Gasteiger partial charge in [-0.2, -0.15) is 0 Å². The molecule has 26 heavy (non-hydrogen) atoms. The monoisotopic (exact) mass is 347 g/mol. The van der Waals surface area contributed by atoms with E-state index in [4.69, 9.17) is 0 Å². The summed E-state index contributed by atoms with van der Waals surface area (Å²) in [5.74, 6) is 0.658. The molecule has 1 amide bonds. The van der Waals surface area contributed by atoms with Crippen LogP contribution in [-0.2, 0) is 0 Å². The number of carbonyl (C=O) groups is 1. The summed E-state index contributed by atoms with van der Waals surface area (Å²) in [4.78, 5) is 17.1. The Morgan fingerprint density at radius 3 is 2.46 bits per heavy atom. The van der Waals surface area contributed by atoms with Crippen LogP contribution in [0, 0.1) is 0 Å². The third-order valence-corrected chi connectivity index (χ3v) is 5.33. The Bertz CT molecular complexity index is 918. The Labute approximate surface area is 154 Å². The molecule has 0 atom stereocenters. The lowest BCUT2D eigenvalue weighted by atomic mass is 9.89. The minimum Gasteiger partial charge on any atom is -0.351 e. The second-order valence-electron chi connectivity index (χ2n) is 7.30. The maximum atomic E-state index is 12.3. The second-order valence-corrected chi connectivity index (χ2v) is 7.30. The first-order valence-electron chi connectivity index (χ1n) is 9.28. The highest BCUT2D eigenvalue weighted by Gasteiger charge is 2.16. The van der Waals surface area contributed by atoms with E-state index in [9.17, 15) is 4.79 Å². The predicted molar refractivity (Wildman–Crippen MR) is 107 cm³/mol. The Morgan fingerprint density at radius 1 is 1.04 bits per heavy atom. The summed E-state index contributed by atoms with van der Waals surface area (Å²) in [5, 5.41) is 4.52. The van der Waals surface area contributed by atoms with E-state index in [-0.39, 0.29) is 5.91 Å². The number of benzene rings is 2. The number of fused-ring (bicyclic) bond motifs is 1. The molecule has 1 aromatic heterocycles. The Kier molecular flexibility index (Phi) is 4.51. The number of H-pyrrole nitrogens is 1. The summed E-state index contributed by atoms with van der Waals surface area (Å²) in [7, 11) is 3.54. The molecular weight excluding hydrogens is 322 g/mol. The van der Waals surface area contributed by atoms with Crippen LogP contribution in [0.25, 0.3) is 22.0 Å². The highest BCUT2D eigenvalue weighted by Crippen LogP contribution is 2.32. The summed E-state index contributed by atoms with van der Waals surface area (Å²) in [5.41, 5.74) is 5.41. The fourth-order valence-electron chi connectivity index (χ4n) is 3.85. The van der Waals surface area contributed by atoms with Crippen LogP contribution >= 0.6 is 0 Å². The molecule has 3 aromatic rings. The number of piperidine rings is 1. The van der Waals surface area contributed by atoms with Crippen LogP contribution < -0.4 is 5.32 Å². The Hall–Kier alpha value is -2.59. The zero-order valence-corrected chi connectivity index (χ0v) is 15.4. The zero-order valence-electron chi connectivity index (χ0n) is 15.4. The number of aromatic amines is 1. The maximum absolute atomic E-state index is 12.3. The van der Waals surface area contributed by atoms with Gasteiger partial charge in [0.15, 0.2) is 0 Å². The van der Waals surface area contributed by atoms with Crippen LogP contribution in [0.4, 0.5) is 0 Å². The molecule has 2 N–H and O–H groups in total. The van der Waals surface area contributed by atoms with Gasteiger partial charge in [-0.25, -0.2) is 0 Å². The van der Waals surface area contributed by atoms with Gasteiger partial charge >= 0.3 is 0 Å². The number of hydrogen-bond donors (Lipinski definition) is 2. The van der Waals surface area contributed by atoms with E-state index in [1.54, 1.807) is 19.0 Å². The van der Waals surface area contributed by atoms with Crippen molar-refractivity contribution in [2.45, 2.75) is 18.8 Å². The molecule has 2 heterocycles. The lowest BCUT2D eigenvalue weighted by Crippen LogP contribution is -2.26. The lowest BCUT2D eigenvalue weighted by Gasteiger charge is -2.23. The number of nitrogens with one attached hydrogen (secondary N) is 2. The molecular formula is C22H25N3O. The molecule has 1 fully saturated rings. The molecule has 0 aliphatic carbocycles. The normalized spacial score (nSPS) is 15.3. The topological polar surface area (TPSA) is 48.1 Å². The van der Waals surface area contributed by atoms with Crippen molar-refractivity contribution in [1.82, 2.24) is 15.2 Å². The summed E-state index contributed by atoms with van der Waals surface area (Å²) in [6, 6.07) is 17.1. The van der Waals surface area contributed by atoms with Crippen molar-refractivity contribution in [2.24, 2.45) is 0 Å². The van der Waals surface area contributed by atoms with Crippen LogP contribution in [-0.4, -0.2) is 43.0 Å². The Morgan fingerprint density at radius 2 is 1.77 bits per heavy atom. The second kappa shape index (κ2) is 6.96. The van der Waals surface area contributed by atoms with E-state index >= 15 is 0 Å². The molecule has 4 rings (SSSR count). The summed E-state index contributed by atoms with van der Waals surface area (Å²) < 4.78 is 0. The number of aromatic nitrogens is 1. The molecule has 134 valence electrons. The number of nitrogens with zero attached hydrogens (tertiary/aromatic N) is 1. The third-order valence-electron chi connectivity index (χ3n) is 5.33. The van der Waals surface area contributed by atoms with Gasteiger partial charge in [0.2, 0.25) is 0 Å². The summed E-state index contributed by atoms with van der Waals surface area (Å²) >= 11 is 0. The van der Waals surface area contributed by atoms with Crippen molar-refractivity contribution in [3.05, 3.63) is 59.8 Å². The van der Waals surface area contributed by atoms with Crippen molar-refractivity contribution in [2.75, 3.05) is 27.2 Å². The molecule has 2 aromatic carbocycles. The number of amides is 1. The van der Waals surface area contributed by atoms with Crippen LogP contribution in [0.2, 0.25) is 0 Å². The lowest BCUT2D eigenvalue weighted by molar-refractivity contribution is 0.0823. The van der Waals surface area contributed by atoms with Crippen molar-refractivity contribution in [1.29, 1.82) is 0 Å². The molecule has 1 saturated heterocycles. The average Bonchev–Trinajstić information content (AvgIpc) is 3.12. The van der Waals surface area contributed by atoms with Crippen LogP contribution in [0.5, 0.6) is 0 Å². The van der Waals surface area contributed by atoms with Gasteiger partial charge in [-0.3, -0.25) is 4.79 Å². The van der Waals surface area contributed by atoms with Gasteiger partial charge in [0, 0.05) is 25.0 Å². The van der Waals surface area contributed by atoms with Crippen molar-refractivity contribution in [3.8, 4) is 11.1 Å². The first kappa shape index (κ1) is 16.9. The van der Waals surface area contributed by atoms with E-state index in [0.717, 1.165) is 29.6 Å². The van der Waals surface area contributed by atoms with Crippen LogP contribution in [0.1, 0.15) is 34.8 Å². The van der Waals surface area contributed by atoms with Gasteiger partial charge in [0.25, 0.3) is 5.91 Å². The minimum atomic E-state index is -0.00611. The van der Waals surface area contributed by atoms with E-state index < -0.39 is 0 Å². The van der Waals surface area contributed by atoms with Crippen LogP contribution in [0.3, 0.4) is 0 Å². The molecule has 0 radical (unpaired) electrons. The fraction of sp³-hybridized carbons (Fsp3) is 0.318. The van der Waals surface area contributed by atoms with E-state index in [2.05, 4.69) is 40.6 Å². The first-order valence-corrected chi connectivity index (χ1v) is 9.28. The van der Waals surface area contributed by atoms with Crippen LogP contribution in [0.15, 0.2) is 48.5 Å². The largest absolute Gasteiger partial charge is 0.351 e. The van der Waals surface area contributed by atoms with E-state index in [0.29, 0.717) is 11.6 Å². The summed E-state index contributed by atoms with van der Waals surface area (Å²) in [6.07, 6.45) is 2.42. The van der Waals surface area contributed by atoms with Gasteiger partial charge in [-0.15, -0.1) is 0 Å². The van der Waals surface area contributed by atoms with Gasteiger partial charge in [0.1, 0.15) is 5.69 Å². The van der Waals surface area contributed by atoms with Crippen molar-refractivity contribution < 1.29 is 4.79 Å². The molecule has 4 nitrogen and oxygen atoms in total. The highest BCUT2D eigenvalue weighted by molar-refractivity contribution is 6.02. The number of rotatable bonds is 3. The number of carbonyl (C=O) groups excluding carboxylic acids is 1. The van der Waals surface area contributed by atoms with Gasteiger partial charge in [0.05, 0.1) is 0 Å². The molecule has 0 bridgehead atoms.